The van der Waals surface area contributed by atoms with E-state index in [1.807, 2.05) is 4.72 Å². The van der Waals surface area contributed by atoms with Crippen LogP contribution in [0.15, 0.2) is 39.7 Å². The molecule has 20 heavy (non-hydrogen) atoms. The third-order valence-corrected chi connectivity index (χ3v) is 4.69. The van der Waals surface area contributed by atoms with Crippen molar-refractivity contribution in [3.05, 3.63) is 52.1 Å². The molecule has 8 heteroatoms. The Kier molecular flexibility index (Phi) is 4.05. The smallest absolute Gasteiger partial charge is 0.263 e. The Morgan fingerprint density at radius 3 is 2.30 bits per heavy atom. The van der Waals surface area contributed by atoms with Gasteiger partial charge in [-0.05, 0) is 47.1 Å². The summed E-state index contributed by atoms with van der Waals surface area (Å²) in [5, 5.41) is 0. The molecule has 0 radical (unpaired) electrons. The van der Waals surface area contributed by atoms with Gasteiger partial charge in [-0.25, -0.2) is 22.2 Å². The zero-order valence-electron chi connectivity index (χ0n) is 10.2. The second-order valence-corrected chi connectivity index (χ2v) is 6.39. The number of aryl methyl sites for hydroxylation is 1. The summed E-state index contributed by atoms with van der Waals surface area (Å²) < 4.78 is 53.7. The van der Waals surface area contributed by atoms with Crippen molar-refractivity contribution in [1.29, 1.82) is 0 Å². The molecule has 0 aliphatic heterocycles. The van der Waals surface area contributed by atoms with E-state index in [1.54, 1.807) is 13.0 Å². The van der Waals surface area contributed by atoms with Crippen LogP contribution in [0.1, 0.15) is 5.69 Å². The number of benzene rings is 1. The highest BCUT2D eigenvalue weighted by Gasteiger charge is 2.24. The Hall–Kier alpha value is -1.54. The minimum Gasteiger partial charge on any atom is -0.263 e. The van der Waals surface area contributed by atoms with E-state index in [4.69, 9.17) is 0 Å². The van der Waals surface area contributed by atoms with E-state index in [9.17, 15) is 17.2 Å². The van der Waals surface area contributed by atoms with Gasteiger partial charge in [-0.15, -0.1) is 0 Å². The summed E-state index contributed by atoms with van der Waals surface area (Å²) in [5.41, 5.74) is 0.541. The topological polar surface area (TPSA) is 59.1 Å². The molecule has 1 aromatic heterocycles. The molecular weight excluding hydrogens is 354 g/mol. The molecule has 0 unspecified atom stereocenters. The predicted octanol–water partition coefficient (Wildman–Crippen LogP) is 3.23. The summed E-state index contributed by atoms with van der Waals surface area (Å²) in [7, 11) is -4.38. The second-order valence-electron chi connectivity index (χ2n) is 3.92. The molecule has 0 bridgehead atoms. The van der Waals surface area contributed by atoms with Gasteiger partial charge in [0.05, 0.1) is 5.69 Å². The van der Waals surface area contributed by atoms with Crippen LogP contribution in [0, 0.1) is 18.6 Å². The van der Waals surface area contributed by atoms with Crippen molar-refractivity contribution in [3.8, 4) is 0 Å². The van der Waals surface area contributed by atoms with Gasteiger partial charge in [0.15, 0.2) is 4.90 Å². The number of pyridine rings is 1. The molecule has 2 aromatic rings. The van der Waals surface area contributed by atoms with E-state index in [0.29, 0.717) is 10.2 Å². The Morgan fingerprint density at radius 1 is 1.15 bits per heavy atom. The first-order valence-corrected chi connectivity index (χ1v) is 7.69. The van der Waals surface area contributed by atoms with E-state index >= 15 is 0 Å². The van der Waals surface area contributed by atoms with Crippen molar-refractivity contribution >= 4 is 31.8 Å². The van der Waals surface area contributed by atoms with E-state index < -0.39 is 26.6 Å². The number of hydrogen-bond donors (Lipinski definition) is 1. The summed E-state index contributed by atoms with van der Waals surface area (Å²) in [6.07, 6.45) is 0. The van der Waals surface area contributed by atoms with Gasteiger partial charge in [0.1, 0.15) is 17.5 Å². The zero-order valence-corrected chi connectivity index (χ0v) is 12.6. The Labute approximate surface area is 123 Å². The second kappa shape index (κ2) is 5.45. The number of aromatic nitrogens is 1. The number of hydrogen-bond acceptors (Lipinski definition) is 3. The monoisotopic (exact) mass is 362 g/mol. The first kappa shape index (κ1) is 14.9. The van der Waals surface area contributed by atoms with E-state index in [1.165, 1.54) is 6.07 Å². The highest BCUT2D eigenvalue weighted by atomic mass is 79.9. The molecule has 0 fully saturated rings. The van der Waals surface area contributed by atoms with Gasteiger partial charge in [-0.1, -0.05) is 6.07 Å². The zero-order chi connectivity index (χ0) is 14.9. The molecule has 1 N–H and O–H groups in total. The SMILES string of the molecule is Cc1nc(NS(=O)(=O)c2c(F)cccc2F)ccc1Br. The molecule has 0 spiro atoms. The first-order valence-electron chi connectivity index (χ1n) is 5.41. The normalized spacial score (nSPS) is 11.4. The van der Waals surface area contributed by atoms with Crippen LogP contribution in [0.2, 0.25) is 0 Å². The van der Waals surface area contributed by atoms with Crippen LogP contribution in [0.25, 0.3) is 0 Å². The molecule has 106 valence electrons. The summed E-state index contributed by atoms with van der Waals surface area (Å²) in [5.74, 6) is -2.34. The third-order valence-electron chi connectivity index (χ3n) is 2.45. The van der Waals surface area contributed by atoms with Crippen LogP contribution in [-0.4, -0.2) is 13.4 Å². The molecule has 2 rings (SSSR count). The third kappa shape index (κ3) is 2.96. The van der Waals surface area contributed by atoms with Crippen LogP contribution in [0.5, 0.6) is 0 Å². The maximum atomic E-state index is 13.5. The predicted molar refractivity (Wildman–Crippen MR) is 73.8 cm³/mol. The Morgan fingerprint density at radius 2 is 1.75 bits per heavy atom. The summed E-state index contributed by atoms with van der Waals surface area (Å²) >= 11 is 3.22. The van der Waals surface area contributed by atoms with Crippen molar-refractivity contribution in [1.82, 2.24) is 4.98 Å². The summed E-state index contributed by atoms with van der Waals surface area (Å²) in [6.45, 7) is 1.66. The van der Waals surface area contributed by atoms with Crippen LogP contribution in [0.3, 0.4) is 0 Å². The Bertz CT molecular complexity index is 746. The van der Waals surface area contributed by atoms with Gasteiger partial charge >= 0.3 is 0 Å². The van der Waals surface area contributed by atoms with Gasteiger partial charge in [0, 0.05) is 4.47 Å². The van der Waals surface area contributed by atoms with Gasteiger partial charge < -0.3 is 0 Å². The molecule has 0 atom stereocenters. The quantitative estimate of drug-likeness (QED) is 0.911. The van der Waals surface area contributed by atoms with Gasteiger partial charge in [0.25, 0.3) is 10.0 Å². The van der Waals surface area contributed by atoms with Crippen molar-refractivity contribution in [3.63, 3.8) is 0 Å². The average molecular weight is 363 g/mol. The molecule has 0 saturated carbocycles. The molecule has 0 amide bonds. The number of anilines is 1. The van der Waals surface area contributed by atoms with Crippen LogP contribution < -0.4 is 4.72 Å². The van der Waals surface area contributed by atoms with E-state index in [-0.39, 0.29) is 5.82 Å². The molecule has 0 saturated heterocycles. The van der Waals surface area contributed by atoms with Crippen molar-refractivity contribution in [2.24, 2.45) is 0 Å². The number of nitrogens with zero attached hydrogens (tertiary/aromatic N) is 1. The molecule has 0 aliphatic rings. The Balaban J connectivity index is 2.43. The first-order chi connectivity index (χ1) is 9.31. The maximum absolute atomic E-state index is 13.5. The lowest BCUT2D eigenvalue weighted by Crippen LogP contribution is -2.17. The number of halogens is 3. The van der Waals surface area contributed by atoms with Gasteiger partial charge in [-0.3, -0.25) is 4.72 Å². The average Bonchev–Trinajstić information content (AvgIpc) is 2.33. The van der Waals surface area contributed by atoms with Crippen LogP contribution in [0.4, 0.5) is 14.6 Å². The van der Waals surface area contributed by atoms with Crippen molar-refractivity contribution in [2.45, 2.75) is 11.8 Å². The van der Waals surface area contributed by atoms with Crippen LogP contribution >= 0.6 is 15.9 Å². The number of rotatable bonds is 3. The largest absolute Gasteiger partial charge is 0.268 e. The number of sulfonamides is 1. The minimum absolute atomic E-state index is 0.0200. The molecule has 1 heterocycles. The molecular formula is C12H9BrF2N2O2S. The lowest BCUT2D eigenvalue weighted by atomic mass is 10.3. The molecule has 4 nitrogen and oxygen atoms in total. The molecule has 0 aliphatic carbocycles. The van der Waals surface area contributed by atoms with Gasteiger partial charge in [-0.2, -0.15) is 0 Å². The van der Waals surface area contributed by atoms with Gasteiger partial charge in [0.2, 0.25) is 0 Å². The fourth-order valence-corrected chi connectivity index (χ4v) is 2.89. The highest BCUT2D eigenvalue weighted by Crippen LogP contribution is 2.22. The van der Waals surface area contributed by atoms with Crippen molar-refractivity contribution < 1.29 is 17.2 Å². The summed E-state index contributed by atoms with van der Waals surface area (Å²) in [6, 6.07) is 5.80. The fraction of sp³-hybridized carbons (Fsp3) is 0.0833. The standard InChI is InChI=1S/C12H9BrF2N2O2S/c1-7-8(13)5-6-11(16-7)17-20(18,19)12-9(14)3-2-4-10(12)15/h2-6H,1H3,(H,16,17). The lowest BCUT2D eigenvalue weighted by Gasteiger charge is -2.09. The lowest BCUT2D eigenvalue weighted by molar-refractivity contribution is 0.521. The number of nitrogens with one attached hydrogen (secondary N) is 1. The maximum Gasteiger partial charge on any atom is 0.268 e. The minimum atomic E-state index is -4.38. The fourth-order valence-electron chi connectivity index (χ4n) is 1.53. The molecule has 1 aromatic carbocycles. The van der Waals surface area contributed by atoms with E-state index in [0.717, 1.165) is 18.2 Å². The van der Waals surface area contributed by atoms with Crippen molar-refractivity contribution in [2.75, 3.05) is 4.72 Å². The summed E-state index contributed by atoms with van der Waals surface area (Å²) in [4.78, 5) is 2.94. The van der Waals surface area contributed by atoms with E-state index in [2.05, 4.69) is 20.9 Å². The highest BCUT2D eigenvalue weighted by molar-refractivity contribution is 9.10. The van der Waals surface area contributed by atoms with Crippen LogP contribution in [-0.2, 0) is 10.0 Å².